The van der Waals surface area contributed by atoms with Crippen molar-refractivity contribution in [3.63, 3.8) is 0 Å². The maximum absolute atomic E-state index is 4.22. The molecule has 0 unspecified atom stereocenters. The van der Waals surface area contributed by atoms with Gasteiger partial charge in [0.05, 0.1) is 3.57 Å². The third-order valence-electron chi connectivity index (χ3n) is 2.32. The number of halogens is 1. The van der Waals surface area contributed by atoms with Crippen molar-refractivity contribution in [3.05, 3.63) is 45.9 Å². The number of hydrogen-bond donors (Lipinski definition) is 1. The zero-order valence-corrected chi connectivity index (χ0v) is 11.1. The van der Waals surface area contributed by atoms with Crippen molar-refractivity contribution in [1.29, 1.82) is 0 Å². The van der Waals surface area contributed by atoms with Gasteiger partial charge in [-0.15, -0.1) is 0 Å². The Morgan fingerprint density at radius 2 is 2.12 bits per heavy atom. The van der Waals surface area contributed by atoms with Crippen molar-refractivity contribution in [2.24, 2.45) is 0 Å². The molecule has 0 aliphatic rings. The lowest BCUT2D eigenvalue weighted by Gasteiger charge is -2.10. The van der Waals surface area contributed by atoms with Gasteiger partial charge in [-0.1, -0.05) is 25.1 Å². The average Bonchev–Trinajstić information content (AvgIpc) is 2.33. The molecule has 0 amide bonds. The van der Waals surface area contributed by atoms with Crippen molar-refractivity contribution >= 4 is 34.1 Å². The van der Waals surface area contributed by atoms with Gasteiger partial charge >= 0.3 is 0 Å². The summed E-state index contributed by atoms with van der Waals surface area (Å²) >= 11 is 2.22. The van der Waals surface area contributed by atoms with E-state index in [0.717, 1.165) is 21.5 Å². The number of aromatic nitrogens is 2. The Morgan fingerprint density at radius 1 is 1.31 bits per heavy atom. The molecule has 0 radical (unpaired) electrons. The monoisotopic (exact) mass is 325 g/mol. The predicted octanol–water partition coefficient (Wildman–Crippen LogP) is 3.39. The second-order valence-corrected chi connectivity index (χ2v) is 4.52. The number of benzene rings is 1. The van der Waals surface area contributed by atoms with Crippen LogP contribution in [0.3, 0.4) is 0 Å². The fraction of sp³-hybridized carbons (Fsp3) is 0.167. The first-order valence-electron chi connectivity index (χ1n) is 5.11. The maximum Gasteiger partial charge on any atom is 0.147 e. The van der Waals surface area contributed by atoms with E-state index in [1.165, 1.54) is 5.56 Å². The van der Waals surface area contributed by atoms with Crippen LogP contribution < -0.4 is 5.32 Å². The Morgan fingerprint density at radius 3 is 2.88 bits per heavy atom. The fourth-order valence-corrected chi connectivity index (χ4v) is 1.92. The average molecular weight is 325 g/mol. The SMILES string of the molecule is CCc1ccccc1Nc1ncncc1I. The lowest BCUT2D eigenvalue weighted by atomic mass is 10.1. The lowest BCUT2D eigenvalue weighted by molar-refractivity contribution is 1.12. The molecule has 1 N–H and O–H groups in total. The molecule has 3 nitrogen and oxygen atoms in total. The smallest absolute Gasteiger partial charge is 0.147 e. The maximum atomic E-state index is 4.22. The van der Waals surface area contributed by atoms with Crippen molar-refractivity contribution in [2.45, 2.75) is 13.3 Å². The topological polar surface area (TPSA) is 37.8 Å². The lowest BCUT2D eigenvalue weighted by Crippen LogP contribution is -1.99. The second-order valence-electron chi connectivity index (χ2n) is 3.35. The molecule has 1 aromatic heterocycles. The van der Waals surface area contributed by atoms with Gasteiger partial charge in [0.25, 0.3) is 0 Å². The molecule has 0 spiro atoms. The molecule has 82 valence electrons. The van der Waals surface area contributed by atoms with Crippen molar-refractivity contribution < 1.29 is 0 Å². The Labute approximate surface area is 108 Å². The Bertz CT molecular complexity index is 485. The minimum absolute atomic E-state index is 0.858. The molecule has 4 heteroatoms. The van der Waals surface area contributed by atoms with E-state index in [-0.39, 0.29) is 0 Å². The number of para-hydroxylation sites is 1. The van der Waals surface area contributed by atoms with Gasteiger partial charge in [-0.05, 0) is 40.6 Å². The minimum Gasteiger partial charge on any atom is -0.339 e. The first-order valence-corrected chi connectivity index (χ1v) is 6.19. The molecule has 0 aliphatic carbocycles. The van der Waals surface area contributed by atoms with Gasteiger partial charge < -0.3 is 5.32 Å². The summed E-state index contributed by atoms with van der Waals surface area (Å²) in [5.41, 5.74) is 2.40. The van der Waals surface area contributed by atoms with Crippen LogP contribution in [0.15, 0.2) is 36.8 Å². The molecule has 0 bridgehead atoms. The van der Waals surface area contributed by atoms with E-state index in [4.69, 9.17) is 0 Å². The van der Waals surface area contributed by atoms with Gasteiger partial charge in [0.2, 0.25) is 0 Å². The van der Waals surface area contributed by atoms with E-state index in [9.17, 15) is 0 Å². The van der Waals surface area contributed by atoms with E-state index in [1.807, 2.05) is 6.07 Å². The fourth-order valence-electron chi connectivity index (χ4n) is 1.48. The van der Waals surface area contributed by atoms with Gasteiger partial charge in [0.15, 0.2) is 0 Å². The number of anilines is 2. The molecule has 1 heterocycles. The third kappa shape index (κ3) is 2.49. The summed E-state index contributed by atoms with van der Waals surface area (Å²) in [6.07, 6.45) is 4.36. The summed E-state index contributed by atoms with van der Waals surface area (Å²) in [6.45, 7) is 2.14. The standard InChI is InChI=1S/C12H12IN3/c1-2-9-5-3-4-6-11(9)16-12-10(13)7-14-8-15-12/h3-8H,2H2,1H3,(H,14,15,16). The number of aryl methyl sites for hydroxylation is 1. The molecule has 0 aliphatic heterocycles. The summed E-state index contributed by atoms with van der Waals surface area (Å²) in [6, 6.07) is 8.26. The second kappa shape index (κ2) is 5.25. The van der Waals surface area contributed by atoms with Crippen LogP contribution in [0.5, 0.6) is 0 Å². The highest BCUT2D eigenvalue weighted by molar-refractivity contribution is 14.1. The molecular formula is C12H12IN3. The normalized spacial score (nSPS) is 10.1. The highest BCUT2D eigenvalue weighted by Crippen LogP contribution is 2.22. The molecule has 0 atom stereocenters. The van der Waals surface area contributed by atoms with E-state index in [2.05, 4.69) is 63.0 Å². The number of nitrogens with zero attached hydrogens (tertiary/aromatic N) is 2. The number of hydrogen-bond acceptors (Lipinski definition) is 3. The molecule has 2 rings (SSSR count). The molecule has 1 aromatic carbocycles. The van der Waals surface area contributed by atoms with E-state index in [0.29, 0.717) is 0 Å². The van der Waals surface area contributed by atoms with Crippen LogP contribution in [0.25, 0.3) is 0 Å². The van der Waals surface area contributed by atoms with Crippen LogP contribution in [-0.4, -0.2) is 9.97 Å². The summed E-state index contributed by atoms with van der Waals surface area (Å²) < 4.78 is 1.02. The van der Waals surface area contributed by atoms with Crippen LogP contribution in [-0.2, 0) is 6.42 Å². The Hall–Kier alpha value is -1.17. The first kappa shape index (κ1) is 11.3. The predicted molar refractivity (Wildman–Crippen MR) is 73.9 cm³/mol. The largest absolute Gasteiger partial charge is 0.339 e. The first-order chi connectivity index (χ1) is 7.81. The third-order valence-corrected chi connectivity index (χ3v) is 3.11. The van der Waals surface area contributed by atoms with Crippen LogP contribution in [0.2, 0.25) is 0 Å². The molecule has 0 saturated carbocycles. The quantitative estimate of drug-likeness (QED) is 0.879. The summed E-state index contributed by atoms with van der Waals surface area (Å²) in [5.74, 6) is 0.858. The highest BCUT2D eigenvalue weighted by atomic mass is 127. The zero-order chi connectivity index (χ0) is 11.4. The van der Waals surface area contributed by atoms with Gasteiger partial charge in [0.1, 0.15) is 12.1 Å². The minimum atomic E-state index is 0.858. The van der Waals surface area contributed by atoms with Crippen LogP contribution >= 0.6 is 22.6 Å². The summed E-state index contributed by atoms with van der Waals surface area (Å²) in [5, 5.41) is 3.33. The highest BCUT2D eigenvalue weighted by Gasteiger charge is 2.03. The molecule has 0 saturated heterocycles. The van der Waals surface area contributed by atoms with Gasteiger partial charge in [-0.2, -0.15) is 0 Å². The van der Waals surface area contributed by atoms with E-state index in [1.54, 1.807) is 12.5 Å². The molecule has 2 aromatic rings. The van der Waals surface area contributed by atoms with E-state index >= 15 is 0 Å². The van der Waals surface area contributed by atoms with Crippen molar-refractivity contribution in [1.82, 2.24) is 9.97 Å². The summed E-state index contributed by atoms with van der Waals surface area (Å²) in [7, 11) is 0. The molecular weight excluding hydrogens is 313 g/mol. The van der Waals surface area contributed by atoms with Gasteiger partial charge in [-0.3, -0.25) is 0 Å². The molecule has 0 fully saturated rings. The van der Waals surface area contributed by atoms with Gasteiger partial charge in [-0.25, -0.2) is 9.97 Å². The number of rotatable bonds is 3. The Kier molecular flexibility index (Phi) is 3.71. The Balaban J connectivity index is 2.30. The van der Waals surface area contributed by atoms with Crippen LogP contribution in [0, 0.1) is 3.57 Å². The van der Waals surface area contributed by atoms with Crippen LogP contribution in [0.4, 0.5) is 11.5 Å². The molecule has 16 heavy (non-hydrogen) atoms. The number of nitrogens with one attached hydrogen (secondary N) is 1. The van der Waals surface area contributed by atoms with Crippen molar-refractivity contribution in [3.8, 4) is 0 Å². The van der Waals surface area contributed by atoms with Gasteiger partial charge in [0, 0.05) is 11.9 Å². The van der Waals surface area contributed by atoms with E-state index < -0.39 is 0 Å². The van der Waals surface area contributed by atoms with Crippen LogP contribution in [0.1, 0.15) is 12.5 Å². The summed E-state index contributed by atoms with van der Waals surface area (Å²) in [4.78, 5) is 8.19. The van der Waals surface area contributed by atoms with Crippen molar-refractivity contribution in [2.75, 3.05) is 5.32 Å². The zero-order valence-electron chi connectivity index (χ0n) is 8.94.